The van der Waals surface area contributed by atoms with Crippen LogP contribution in [0.25, 0.3) is 10.9 Å². The molecule has 138 valence electrons. The van der Waals surface area contributed by atoms with Crippen molar-refractivity contribution in [3.63, 3.8) is 0 Å². The van der Waals surface area contributed by atoms with E-state index in [2.05, 4.69) is 20.8 Å². The van der Waals surface area contributed by atoms with Gasteiger partial charge in [0, 0.05) is 22.3 Å². The highest BCUT2D eigenvalue weighted by atomic mass is 16.2. The molecule has 0 spiro atoms. The maximum Gasteiger partial charge on any atom is 0.276 e. The van der Waals surface area contributed by atoms with Gasteiger partial charge in [-0.3, -0.25) is 14.7 Å². The Morgan fingerprint density at radius 2 is 1.54 bits per heavy atom. The topological polar surface area (TPSA) is 86.9 Å². The number of aromatic nitrogens is 2. The second-order valence-electron chi connectivity index (χ2n) is 6.48. The fourth-order valence-electron chi connectivity index (χ4n) is 2.96. The van der Waals surface area contributed by atoms with Crippen LogP contribution in [-0.2, 0) is 0 Å². The molecule has 0 saturated carbocycles. The van der Waals surface area contributed by atoms with E-state index in [1.54, 1.807) is 36.4 Å². The number of carbonyl (C=O) groups excluding carboxylic acids is 2. The maximum atomic E-state index is 12.7. The minimum atomic E-state index is -0.316. The second kappa shape index (κ2) is 7.36. The summed E-state index contributed by atoms with van der Waals surface area (Å²) >= 11 is 0. The lowest BCUT2D eigenvalue weighted by atomic mass is 10.1. The number of amides is 2. The summed E-state index contributed by atoms with van der Waals surface area (Å²) in [6.45, 7) is 1.97. The number of fused-ring (bicyclic) bond motifs is 1. The fourth-order valence-corrected chi connectivity index (χ4v) is 2.96. The van der Waals surface area contributed by atoms with E-state index in [-0.39, 0.29) is 11.8 Å². The molecule has 0 aliphatic carbocycles. The first-order chi connectivity index (χ1) is 13.6. The number of carbonyl (C=O) groups is 2. The van der Waals surface area contributed by atoms with Crippen molar-refractivity contribution in [2.45, 2.75) is 6.92 Å². The highest BCUT2D eigenvalue weighted by Crippen LogP contribution is 2.20. The molecular formula is C22H18N4O2. The number of rotatable bonds is 4. The zero-order valence-corrected chi connectivity index (χ0v) is 15.2. The van der Waals surface area contributed by atoms with Crippen LogP contribution in [-0.4, -0.2) is 22.0 Å². The summed E-state index contributed by atoms with van der Waals surface area (Å²) in [6, 6.07) is 21.7. The minimum Gasteiger partial charge on any atom is -0.322 e. The molecule has 0 aliphatic heterocycles. The van der Waals surface area contributed by atoms with Crippen LogP contribution in [0.15, 0.2) is 72.8 Å². The van der Waals surface area contributed by atoms with E-state index in [4.69, 9.17) is 0 Å². The monoisotopic (exact) mass is 370 g/mol. The van der Waals surface area contributed by atoms with Crippen LogP contribution in [0.5, 0.6) is 0 Å². The zero-order chi connectivity index (χ0) is 19.5. The van der Waals surface area contributed by atoms with E-state index in [1.165, 1.54) is 0 Å². The molecule has 0 unspecified atom stereocenters. The number of benzene rings is 3. The van der Waals surface area contributed by atoms with E-state index in [1.807, 2.05) is 43.3 Å². The van der Waals surface area contributed by atoms with Crippen LogP contribution in [0.3, 0.4) is 0 Å². The molecule has 0 atom stereocenters. The molecule has 28 heavy (non-hydrogen) atoms. The quantitative estimate of drug-likeness (QED) is 0.498. The van der Waals surface area contributed by atoms with Gasteiger partial charge < -0.3 is 10.6 Å². The SMILES string of the molecule is Cc1ccc2[nH]nc(C(=O)Nc3cccc(NC(=O)c4ccccc4)c3)c2c1. The van der Waals surface area contributed by atoms with Gasteiger partial charge in [-0.2, -0.15) is 5.10 Å². The summed E-state index contributed by atoms with van der Waals surface area (Å²) in [6.07, 6.45) is 0. The van der Waals surface area contributed by atoms with E-state index >= 15 is 0 Å². The first-order valence-electron chi connectivity index (χ1n) is 8.83. The van der Waals surface area contributed by atoms with Crippen LogP contribution < -0.4 is 10.6 Å². The lowest BCUT2D eigenvalue weighted by Gasteiger charge is -2.08. The largest absolute Gasteiger partial charge is 0.322 e. The number of aromatic amines is 1. The third-order valence-electron chi connectivity index (χ3n) is 4.35. The summed E-state index contributed by atoms with van der Waals surface area (Å²) < 4.78 is 0. The van der Waals surface area contributed by atoms with E-state index in [0.29, 0.717) is 22.6 Å². The number of hydrogen-bond acceptors (Lipinski definition) is 3. The molecule has 3 N–H and O–H groups in total. The Kier molecular flexibility index (Phi) is 4.60. The molecule has 2 amide bonds. The van der Waals surface area contributed by atoms with Crippen molar-refractivity contribution in [3.05, 3.63) is 89.6 Å². The Balaban J connectivity index is 1.52. The lowest BCUT2D eigenvalue weighted by Crippen LogP contribution is -2.14. The van der Waals surface area contributed by atoms with Gasteiger partial charge >= 0.3 is 0 Å². The predicted octanol–water partition coefficient (Wildman–Crippen LogP) is 4.38. The summed E-state index contributed by atoms with van der Waals surface area (Å²) in [7, 11) is 0. The smallest absolute Gasteiger partial charge is 0.276 e. The van der Waals surface area contributed by atoms with Gasteiger partial charge in [0.1, 0.15) is 0 Å². The van der Waals surface area contributed by atoms with Crippen molar-refractivity contribution in [1.29, 1.82) is 0 Å². The highest BCUT2D eigenvalue weighted by Gasteiger charge is 2.15. The average Bonchev–Trinajstić information content (AvgIpc) is 3.12. The van der Waals surface area contributed by atoms with Crippen LogP contribution >= 0.6 is 0 Å². The van der Waals surface area contributed by atoms with Crippen molar-refractivity contribution in [2.24, 2.45) is 0 Å². The number of aryl methyl sites for hydroxylation is 1. The number of H-pyrrole nitrogens is 1. The molecule has 0 aliphatic rings. The van der Waals surface area contributed by atoms with Crippen LogP contribution in [0.4, 0.5) is 11.4 Å². The Bertz CT molecular complexity index is 1170. The molecule has 4 rings (SSSR count). The van der Waals surface area contributed by atoms with Crippen LogP contribution in [0.1, 0.15) is 26.4 Å². The Hall–Kier alpha value is -3.93. The van der Waals surface area contributed by atoms with Crippen LogP contribution in [0, 0.1) is 6.92 Å². The molecule has 6 nitrogen and oxygen atoms in total. The van der Waals surface area contributed by atoms with Crippen molar-refractivity contribution in [3.8, 4) is 0 Å². The van der Waals surface area contributed by atoms with Crippen molar-refractivity contribution in [1.82, 2.24) is 10.2 Å². The van der Waals surface area contributed by atoms with E-state index in [9.17, 15) is 9.59 Å². The molecule has 0 bridgehead atoms. The number of anilines is 2. The van der Waals surface area contributed by atoms with Crippen molar-refractivity contribution >= 4 is 34.1 Å². The zero-order valence-electron chi connectivity index (χ0n) is 15.2. The minimum absolute atomic E-state index is 0.210. The summed E-state index contributed by atoms with van der Waals surface area (Å²) in [4.78, 5) is 25.0. The van der Waals surface area contributed by atoms with Gasteiger partial charge in [0.15, 0.2) is 5.69 Å². The normalized spacial score (nSPS) is 10.6. The Labute approximate surface area is 161 Å². The second-order valence-corrected chi connectivity index (χ2v) is 6.48. The standard InChI is InChI=1S/C22H18N4O2/c1-14-10-11-19-18(12-14)20(26-25-19)22(28)24-17-9-5-8-16(13-17)23-21(27)15-6-3-2-4-7-15/h2-13H,1H3,(H,23,27)(H,24,28)(H,25,26). The van der Waals surface area contributed by atoms with Crippen molar-refractivity contribution < 1.29 is 9.59 Å². The fraction of sp³-hybridized carbons (Fsp3) is 0.0455. The predicted molar refractivity (Wildman–Crippen MR) is 110 cm³/mol. The number of hydrogen-bond donors (Lipinski definition) is 3. The number of nitrogens with one attached hydrogen (secondary N) is 3. The maximum absolute atomic E-state index is 12.7. The van der Waals surface area contributed by atoms with Crippen molar-refractivity contribution in [2.75, 3.05) is 10.6 Å². The molecule has 4 aromatic rings. The molecule has 0 radical (unpaired) electrons. The van der Waals surface area contributed by atoms with Gasteiger partial charge in [0.05, 0.1) is 5.52 Å². The molecule has 3 aromatic carbocycles. The molecule has 1 aromatic heterocycles. The van der Waals surface area contributed by atoms with Gasteiger partial charge in [-0.15, -0.1) is 0 Å². The van der Waals surface area contributed by atoms with Gasteiger partial charge in [0.25, 0.3) is 11.8 Å². The summed E-state index contributed by atoms with van der Waals surface area (Å²) in [5.41, 5.74) is 3.91. The summed E-state index contributed by atoms with van der Waals surface area (Å²) in [5.74, 6) is -0.527. The average molecular weight is 370 g/mol. The Morgan fingerprint density at radius 3 is 2.29 bits per heavy atom. The van der Waals surface area contributed by atoms with E-state index in [0.717, 1.165) is 16.5 Å². The molecular weight excluding hydrogens is 352 g/mol. The summed E-state index contributed by atoms with van der Waals surface area (Å²) in [5, 5.41) is 13.4. The lowest BCUT2D eigenvalue weighted by molar-refractivity contribution is 0.101. The molecule has 0 saturated heterocycles. The Morgan fingerprint density at radius 1 is 0.821 bits per heavy atom. The highest BCUT2D eigenvalue weighted by molar-refractivity contribution is 6.11. The first kappa shape index (κ1) is 17.5. The third kappa shape index (κ3) is 3.61. The van der Waals surface area contributed by atoms with Crippen LogP contribution in [0.2, 0.25) is 0 Å². The van der Waals surface area contributed by atoms with Gasteiger partial charge in [-0.25, -0.2) is 0 Å². The molecule has 6 heteroatoms. The third-order valence-corrected chi connectivity index (χ3v) is 4.35. The molecule has 1 heterocycles. The van der Waals surface area contributed by atoms with Gasteiger partial charge in [-0.1, -0.05) is 35.9 Å². The molecule has 0 fully saturated rings. The number of nitrogens with zero attached hydrogens (tertiary/aromatic N) is 1. The van der Waals surface area contributed by atoms with Gasteiger partial charge in [-0.05, 0) is 49.4 Å². The van der Waals surface area contributed by atoms with E-state index < -0.39 is 0 Å². The van der Waals surface area contributed by atoms with Gasteiger partial charge in [0.2, 0.25) is 0 Å². The first-order valence-corrected chi connectivity index (χ1v) is 8.83.